The molecular weight excluding hydrogens is 360 g/mol. The summed E-state index contributed by atoms with van der Waals surface area (Å²) in [7, 11) is 0. The molecule has 0 aliphatic heterocycles. The molecule has 0 aromatic carbocycles. The van der Waals surface area contributed by atoms with Crippen molar-refractivity contribution in [2.24, 2.45) is 46.3 Å². The Morgan fingerprint density at radius 3 is 2.45 bits per heavy atom. The van der Waals surface area contributed by atoms with E-state index in [1.54, 1.807) is 0 Å². The second kappa shape index (κ2) is 8.71. The lowest BCUT2D eigenvalue weighted by Gasteiger charge is -2.56. The van der Waals surface area contributed by atoms with Crippen LogP contribution in [0.15, 0.2) is 0 Å². The number of hydrogen-bond acceptors (Lipinski definition) is 2. The Hall–Kier alpha value is -0.860. The van der Waals surface area contributed by atoms with Gasteiger partial charge in [-0.3, -0.25) is 9.59 Å². The van der Waals surface area contributed by atoms with E-state index < -0.39 is 11.4 Å². The second-order valence-electron chi connectivity index (χ2n) is 11.7. The fourth-order valence-corrected chi connectivity index (χ4v) is 7.99. The molecule has 1 N–H and O–H groups in total. The van der Waals surface area contributed by atoms with Gasteiger partial charge >= 0.3 is 5.97 Å². The van der Waals surface area contributed by atoms with Crippen LogP contribution in [0.2, 0.25) is 0 Å². The van der Waals surface area contributed by atoms with Crippen molar-refractivity contribution >= 4 is 11.8 Å². The number of carboxylic acid groups (broad SMARTS) is 1. The first-order chi connectivity index (χ1) is 13.6. The van der Waals surface area contributed by atoms with Gasteiger partial charge in [0.15, 0.2) is 0 Å². The highest BCUT2D eigenvalue weighted by molar-refractivity contribution is 5.86. The maximum Gasteiger partial charge on any atom is 0.303 e. The van der Waals surface area contributed by atoms with Gasteiger partial charge in [0.05, 0.1) is 0 Å². The van der Waals surface area contributed by atoms with Gasteiger partial charge in [-0.2, -0.15) is 0 Å². The van der Waals surface area contributed by atoms with Crippen LogP contribution >= 0.6 is 0 Å². The SMILES string of the molecule is CC(C)CCC[C@H](C)[C@@H]1CC[C@H]2[C@H]3CCC(=O)[C@@](C)(CCC(=O)O)[C@@H]3CC[C@@]21C. The Morgan fingerprint density at radius 1 is 1.07 bits per heavy atom. The third-order valence-electron chi connectivity index (χ3n) is 9.66. The number of carboxylic acids is 1. The molecule has 0 saturated heterocycles. The van der Waals surface area contributed by atoms with E-state index in [-0.39, 0.29) is 6.42 Å². The molecule has 3 saturated carbocycles. The first-order valence-corrected chi connectivity index (χ1v) is 12.3. The summed E-state index contributed by atoms with van der Waals surface area (Å²) >= 11 is 0. The molecule has 3 heteroatoms. The molecule has 3 nitrogen and oxygen atoms in total. The maximum atomic E-state index is 12.9. The topological polar surface area (TPSA) is 54.4 Å². The molecule has 0 heterocycles. The summed E-state index contributed by atoms with van der Waals surface area (Å²) in [6, 6.07) is 0. The molecule has 3 aliphatic rings. The molecule has 0 bridgehead atoms. The van der Waals surface area contributed by atoms with E-state index in [1.165, 1.54) is 38.5 Å². The van der Waals surface area contributed by atoms with Gasteiger partial charge in [0.25, 0.3) is 0 Å². The van der Waals surface area contributed by atoms with E-state index in [0.717, 1.165) is 36.5 Å². The van der Waals surface area contributed by atoms with Crippen LogP contribution in [0, 0.1) is 46.3 Å². The van der Waals surface area contributed by atoms with Gasteiger partial charge in [0.1, 0.15) is 5.78 Å². The lowest BCUT2D eigenvalue weighted by atomic mass is 9.48. The number of ketones is 1. The number of fused-ring (bicyclic) bond motifs is 3. The largest absolute Gasteiger partial charge is 0.481 e. The zero-order chi connectivity index (χ0) is 21.4. The van der Waals surface area contributed by atoms with Crippen molar-refractivity contribution in [1.29, 1.82) is 0 Å². The summed E-state index contributed by atoms with van der Waals surface area (Å²) in [5.41, 5.74) is 0.0100. The van der Waals surface area contributed by atoms with Crippen LogP contribution in [-0.2, 0) is 9.59 Å². The average molecular weight is 405 g/mol. The first-order valence-electron chi connectivity index (χ1n) is 12.3. The number of hydrogen-bond donors (Lipinski definition) is 1. The molecule has 0 spiro atoms. The minimum absolute atomic E-state index is 0.128. The normalized spacial score (nSPS) is 40.6. The lowest BCUT2D eigenvalue weighted by molar-refractivity contribution is -0.148. The Labute approximate surface area is 178 Å². The Morgan fingerprint density at radius 2 is 1.79 bits per heavy atom. The quantitative estimate of drug-likeness (QED) is 0.487. The van der Waals surface area contributed by atoms with Gasteiger partial charge in [0, 0.05) is 18.3 Å². The molecule has 3 rings (SSSR count). The summed E-state index contributed by atoms with van der Waals surface area (Å²) in [5, 5.41) is 9.22. The fourth-order valence-electron chi connectivity index (χ4n) is 7.99. The number of carbonyl (C=O) groups excluding carboxylic acids is 1. The Kier molecular flexibility index (Phi) is 6.85. The summed E-state index contributed by atoms with van der Waals surface area (Å²) in [5.74, 6) is 3.74. The van der Waals surface area contributed by atoms with Crippen LogP contribution < -0.4 is 0 Å². The maximum absolute atomic E-state index is 12.9. The Balaban J connectivity index is 1.73. The molecule has 7 atom stereocenters. The zero-order valence-electron chi connectivity index (χ0n) is 19.5. The molecule has 166 valence electrons. The number of carbonyl (C=O) groups is 2. The van der Waals surface area contributed by atoms with E-state index in [0.29, 0.717) is 35.9 Å². The summed E-state index contributed by atoms with van der Waals surface area (Å²) in [6.07, 6.45) is 11.4. The van der Waals surface area contributed by atoms with Crippen molar-refractivity contribution in [2.75, 3.05) is 0 Å². The van der Waals surface area contributed by atoms with Gasteiger partial charge in [-0.25, -0.2) is 0 Å². The van der Waals surface area contributed by atoms with E-state index in [1.807, 2.05) is 0 Å². The molecule has 0 aromatic heterocycles. The molecule has 29 heavy (non-hydrogen) atoms. The van der Waals surface area contributed by atoms with Crippen LogP contribution in [-0.4, -0.2) is 16.9 Å². The van der Waals surface area contributed by atoms with Gasteiger partial charge in [0.2, 0.25) is 0 Å². The van der Waals surface area contributed by atoms with Gasteiger partial charge in [-0.1, -0.05) is 53.9 Å². The fraction of sp³-hybridized carbons (Fsp3) is 0.923. The zero-order valence-corrected chi connectivity index (χ0v) is 19.5. The molecular formula is C26H44O3. The average Bonchev–Trinajstić information content (AvgIpc) is 3.00. The minimum Gasteiger partial charge on any atom is -0.481 e. The van der Waals surface area contributed by atoms with Crippen LogP contribution in [0.3, 0.4) is 0 Å². The van der Waals surface area contributed by atoms with Crippen LogP contribution in [0.5, 0.6) is 0 Å². The molecule has 0 aromatic rings. The minimum atomic E-state index is -0.766. The van der Waals surface area contributed by atoms with Gasteiger partial charge in [-0.05, 0) is 79.4 Å². The van der Waals surface area contributed by atoms with Gasteiger partial charge in [-0.15, -0.1) is 0 Å². The van der Waals surface area contributed by atoms with E-state index in [2.05, 4.69) is 34.6 Å². The monoisotopic (exact) mass is 404 g/mol. The summed E-state index contributed by atoms with van der Waals surface area (Å²) in [4.78, 5) is 24.1. The highest BCUT2D eigenvalue weighted by atomic mass is 16.4. The highest BCUT2D eigenvalue weighted by Crippen LogP contribution is 2.65. The molecule has 0 amide bonds. The van der Waals surface area contributed by atoms with Crippen molar-refractivity contribution in [2.45, 2.75) is 105 Å². The molecule has 0 unspecified atom stereocenters. The summed E-state index contributed by atoms with van der Waals surface area (Å²) < 4.78 is 0. The van der Waals surface area contributed by atoms with E-state index in [9.17, 15) is 14.7 Å². The number of aliphatic carboxylic acids is 1. The van der Waals surface area contributed by atoms with Gasteiger partial charge < -0.3 is 5.11 Å². The number of Topliss-reactive ketones (excluding diaryl/α,β-unsaturated/α-hetero) is 1. The molecule has 3 fully saturated rings. The highest BCUT2D eigenvalue weighted by Gasteiger charge is 2.59. The van der Waals surface area contributed by atoms with E-state index in [4.69, 9.17) is 0 Å². The first kappa shape index (κ1) is 22.8. The van der Waals surface area contributed by atoms with Crippen molar-refractivity contribution in [3.8, 4) is 0 Å². The predicted octanol–water partition coefficient (Wildman–Crippen LogP) is 6.74. The lowest BCUT2D eigenvalue weighted by Crippen LogP contribution is -2.52. The van der Waals surface area contributed by atoms with Crippen molar-refractivity contribution in [1.82, 2.24) is 0 Å². The second-order valence-corrected chi connectivity index (χ2v) is 11.7. The van der Waals surface area contributed by atoms with Crippen LogP contribution in [0.25, 0.3) is 0 Å². The molecule has 3 aliphatic carbocycles. The van der Waals surface area contributed by atoms with E-state index >= 15 is 0 Å². The van der Waals surface area contributed by atoms with Crippen LogP contribution in [0.1, 0.15) is 105 Å². The third-order valence-corrected chi connectivity index (χ3v) is 9.66. The smallest absolute Gasteiger partial charge is 0.303 e. The van der Waals surface area contributed by atoms with Crippen molar-refractivity contribution < 1.29 is 14.7 Å². The third kappa shape index (κ3) is 4.30. The number of rotatable bonds is 8. The van der Waals surface area contributed by atoms with Crippen molar-refractivity contribution in [3.05, 3.63) is 0 Å². The van der Waals surface area contributed by atoms with Crippen LogP contribution in [0.4, 0.5) is 0 Å². The standard InChI is InChI=1S/C26H44O3/c1-17(2)7-6-8-18(3)20-10-11-21-19-9-12-23(27)26(5,16-14-24(28)29)22(19)13-15-25(20,21)4/h17-22H,6-16H2,1-5H3,(H,28,29)/t18-,19+,20-,21-,22+,25+,26-/m0/s1. The Bertz CT molecular complexity index is 611. The molecule has 0 radical (unpaired) electrons. The van der Waals surface area contributed by atoms with Crippen molar-refractivity contribution in [3.63, 3.8) is 0 Å². The summed E-state index contributed by atoms with van der Waals surface area (Å²) in [6.45, 7) is 11.8. The predicted molar refractivity (Wildman–Crippen MR) is 118 cm³/mol.